The number of ether oxygens (including phenoxy) is 4. The Morgan fingerprint density at radius 1 is 1.00 bits per heavy atom. The van der Waals surface area contributed by atoms with E-state index in [0.717, 1.165) is 6.42 Å². The van der Waals surface area contributed by atoms with Crippen LogP contribution in [-0.2, 0) is 23.7 Å². The van der Waals surface area contributed by atoms with Gasteiger partial charge in [-0.3, -0.25) is 0 Å². The van der Waals surface area contributed by atoms with Gasteiger partial charge in [0.15, 0.2) is 6.29 Å². The monoisotopic (exact) mass is 287 g/mol. The van der Waals surface area contributed by atoms with Crippen LogP contribution in [0.1, 0.15) is 34.1 Å². The Morgan fingerprint density at radius 3 is 2.00 bits per heavy atom. The third-order valence-corrected chi connectivity index (χ3v) is 2.48. The second kappa shape index (κ2) is 11.0. The SMILES string of the molecule is CCCOC(=O)/C(=C(/[Si])OCC)C(OCC)OCC. The predicted molar refractivity (Wildman–Crippen MR) is 72.7 cm³/mol. The van der Waals surface area contributed by atoms with Crippen molar-refractivity contribution in [2.75, 3.05) is 26.4 Å². The number of esters is 1. The van der Waals surface area contributed by atoms with Gasteiger partial charge in [0.25, 0.3) is 0 Å². The lowest BCUT2D eigenvalue weighted by Gasteiger charge is -2.21. The second-order valence-electron chi connectivity index (χ2n) is 3.55. The standard InChI is InChI=1S/C13H23O5Si/c1-5-9-18-11(14)10(13(19)17-8-4)12(15-6-2)16-7-3/h12H,5-9H2,1-4H3/b13-10-. The molecule has 0 N–H and O–H groups in total. The molecule has 0 aromatic heterocycles. The summed E-state index contributed by atoms with van der Waals surface area (Å²) in [6, 6.07) is 0. The van der Waals surface area contributed by atoms with Gasteiger partial charge in [0.05, 0.1) is 18.6 Å². The molecule has 0 rings (SSSR count). The van der Waals surface area contributed by atoms with Crippen molar-refractivity contribution in [1.82, 2.24) is 0 Å². The molecule has 0 atom stereocenters. The van der Waals surface area contributed by atoms with Crippen molar-refractivity contribution in [3.8, 4) is 0 Å². The van der Waals surface area contributed by atoms with Gasteiger partial charge in [0, 0.05) is 13.2 Å². The molecule has 0 saturated heterocycles. The molecule has 0 aliphatic heterocycles. The van der Waals surface area contributed by atoms with Crippen LogP contribution in [0.2, 0.25) is 0 Å². The van der Waals surface area contributed by atoms with Crippen LogP contribution in [0.3, 0.4) is 0 Å². The van der Waals surface area contributed by atoms with Gasteiger partial charge in [-0.15, -0.1) is 0 Å². The van der Waals surface area contributed by atoms with Crippen LogP contribution in [-0.4, -0.2) is 48.9 Å². The first-order valence-corrected chi connectivity index (χ1v) is 7.11. The normalized spacial score (nSPS) is 12.3. The molecule has 0 aromatic carbocycles. The van der Waals surface area contributed by atoms with E-state index < -0.39 is 12.3 Å². The first kappa shape index (κ1) is 18.1. The summed E-state index contributed by atoms with van der Waals surface area (Å²) in [6.45, 7) is 9.01. The third-order valence-electron chi connectivity index (χ3n) is 2.06. The summed E-state index contributed by atoms with van der Waals surface area (Å²) in [5.74, 6) is -0.493. The quantitative estimate of drug-likeness (QED) is 0.201. The molecule has 19 heavy (non-hydrogen) atoms. The van der Waals surface area contributed by atoms with Gasteiger partial charge in [-0.2, -0.15) is 0 Å². The van der Waals surface area contributed by atoms with Crippen molar-refractivity contribution in [2.45, 2.75) is 40.4 Å². The molecule has 0 amide bonds. The molecule has 0 spiro atoms. The maximum atomic E-state index is 12.1. The van der Waals surface area contributed by atoms with Gasteiger partial charge in [-0.05, 0) is 27.2 Å². The average molecular weight is 287 g/mol. The molecular formula is C13H23O5Si. The number of carbonyl (C=O) groups excluding carboxylic acids is 1. The maximum Gasteiger partial charge on any atom is 0.342 e. The number of rotatable bonds is 10. The van der Waals surface area contributed by atoms with Crippen molar-refractivity contribution < 1.29 is 23.7 Å². The minimum absolute atomic E-state index is 0.218. The van der Waals surface area contributed by atoms with Crippen molar-refractivity contribution in [1.29, 1.82) is 0 Å². The molecule has 0 aliphatic carbocycles. The molecule has 6 heteroatoms. The summed E-state index contributed by atoms with van der Waals surface area (Å²) < 4.78 is 21.3. The first-order valence-electron chi connectivity index (χ1n) is 6.61. The highest BCUT2D eigenvalue weighted by Crippen LogP contribution is 2.16. The molecule has 0 saturated carbocycles. The van der Waals surface area contributed by atoms with E-state index in [9.17, 15) is 4.79 Å². The molecule has 0 fully saturated rings. The van der Waals surface area contributed by atoms with Crippen molar-refractivity contribution in [3.63, 3.8) is 0 Å². The summed E-state index contributed by atoms with van der Waals surface area (Å²) in [4.78, 5) is 12.1. The van der Waals surface area contributed by atoms with Gasteiger partial charge < -0.3 is 18.9 Å². The first-order chi connectivity index (χ1) is 9.12. The van der Waals surface area contributed by atoms with E-state index in [1.165, 1.54) is 0 Å². The Labute approximate surface area is 118 Å². The van der Waals surface area contributed by atoms with Crippen LogP contribution >= 0.6 is 0 Å². The topological polar surface area (TPSA) is 54.0 Å². The molecule has 0 heterocycles. The molecule has 0 bridgehead atoms. The fourth-order valence-electron chi connectivity index (χ4n) is 1.31. The van der Waals surface area contributed by atoms with E-state index >= 15 is 0 Å². The largest absolute Gasteiger partial charge is 0.503 e. The van der Waals surface area contributed by atoms with E-state index in [-0.39, 0.29) is 11.0 Å². The molecule has 0 aromatic rings. The Kier molecular flexibility index (Phi) is 10.5. The zero-order chi connectivity index (χ0) is 14.7. The molecule has 0 aliphatic rings. The molecular weight excluding hydrogens is 264 g/mol. The Morgan fingerprint density at radius 2 is 1.58 bits per heavy atom. The Bertz CT molecular complexity index is 285. The van der Waals surface area contributed by atoms with Crippen LogP contribution in [0.25, 0.3) is 0 Å². The third kappa shape index (κ3) is 6.75. The molecule has 0 unspecified atom stereocenters. The lowest BCUT2D eigenvalue weighted by atomic mass is 10.3. The second-order valence-corrected chi connectivity index (χ2v) is 4.01. The highest BCUT2D eigenvalue weighted by molar-refractivity contribution is 6.23. The van der Waals surface area contributed by atoms with Crippen LogP contribution in [0.5, 0.6) is 0 Å². The van der Waals surface area contributed by atoms with Crippen molar-refractivity contribution >= 4 is 16.2 Å². The van der Waals surface area contributed by atoms with Crippen molar-refractivity contribution in [3.05, 3.63) is 11.0 Å². The minimum atomic E-state index is -0.793. The zero-order valence-corrected chi connectivity index (χ0v) is 13.2. The highest BCUT2D eigenvalue weighted by atomic mass is 28.1. The number of carbonyl (C=O) groups is 1. The fourth-order valence-corrected chi connectivity index (χ4v) is 1.67. The van der Waals surface area contributed by atoms with E-state index in [0.29, 0.717) is 26.4 Å². The van der Waals surface area contributed by atoms with Gasteiger partial charge in [-0.1, -0.05) is 6.92 Å². The molecule has 109 valence electrons. The van der Waals surface area contributed by atoms with E-state index in [1.54, 1.807) is 0 Å². The summed E-state index contributed by atoms with van der Waals surface area (Å²) >= 11 is 0. The Hall–Kier alpha value is -0.853. The Balaban J connectivity index is 5.11. The molecule has 5 nitrogen and oxygen atoms in total. The zero-order valence-electron chi connectivity index (χ0n) is 12.2. The fraction of sp³-hybridized carbons (Fsp3) is 0.769. The van der Waals surface area contributed by atoms with Gasteiger partial charge in [0.2, 0.25) is 0 Å². The van der Waals surface area contributed by atoms with Crippen LogP contribution in [0.4, 0.5) is 0 Å². The number of hydrogen-bond donors (Lipinski definition) is 0. The van der Waals surface area contributed by atoms with Crippen LogP contribution in [0, 0.1) is 0 Å². The van der Waals surface area contributed by atoms with Gasteiger partial charge in [0.1, 0.15) is 15.8 Å². The lowest BCUT2D eigenvalue weighted by molar-refractivity contribution is -0.151. The summed E-state index contributed by atoms with van der Waals surface area (Å²) in [6.07, 6.45) is -0.0445. The predicted octanol–water partition coefficient (Wildman–Crippen LogP) is 1.76. The van der Waals surface area contributed by atoms with Crippen LogP contribution < -0.4 is 0 Å². The maximum absolute atomic E-state index is 12.1. The van der Waals surface area contributed by atoms with Crippen molar-refractivity contribution in [2.24, 2.45) is 0 Å². The van der Waals surface area contributed by atoms with Gasteiger partial charge >= 0.3 is 5.97 Å². The lowest BCUT2D eigenvalue weighted by Crippen LogP contribution is -2.28. The minimum Gasteiger partial charge on any atom is -0.503 e. The van der Waals surface area contributed by atoms with E-state index in [1.807, 2.05) is 27.7 Å². The van der Waals surface area contributed by atoms with E-state index in [4.69, 9.17) is 18.9 Å². The van der Waals surface area contributed by atoms with Gasteiger partial charge in [-0.25, -0.2) is 4.79 Å². The summed E-state index contributed by atoms with van der Waals surface area (Å²) in [5.41, 5.74) is 0.218. The number of hydrogen-bond acceptors (Lipinski definition) is 5. The highest BCUT2D eigenvalue weighted by Gasteiger charge is 2.26. The smallest absolute Gasteiger partial charge is 0.342 e. The summed E-state index contributed by atoms with van der Waals surface area (Å²) in [7, 11) is 3.29. The summed E-state index contributed by atoms with van der Waals surface area (Å²) in [5, 5.41) is 0.288. The van der Waals surface area contributed by atoms with Crippen LogP contribution in [0.15, 0.2) is 11.0 Å². The van der Waals surface area contributed by atoms with E-state index in [2.05, 4.69) is 10.2 Å². The molecule has 3 radical (unpaired) electrons. The average Bonchev–Trinajstić information content (AvgIpc) is 2.37.